The van der Waals surface area contributed by atoms with E-state index >= 15 is 0 Å². The molecule has 0 radical (unpaired) electrons. The molecule has 0 unspecified atom stereocenters. The van der Waals surface area contributed by atoms with Crippen molar-refractivity contribution < 1.29 is 4.79 Å². The summed E-state index contributed by atoms with van der Waals surface area (Å²) in [4.78, 5) is 20.6. The number of imidazole rings is 1. The predicted molar refractivity (Wildman–Crippen MR) is 90.7 cm³/mol. The highest BCUT2D eigenvalue weighted by Crippen LogP contribution is 2.06. The van der Waals surface area contributed by atoms with Gasteiger partial charge in [-0.15, -0.1) is 0 Å². The molecule has 1 aliphatic rings. The molecule has 1 saturated heterocycles. The van der Waals surface area contributed by atoms with Crippen LogP contribution >= 0.6 is 0 Å². The Bertz CT molecular complexity index is 628. The lowest BCUT2D eigenvalue weighted by molar-refractivity contribution is -0.127. The van der Waals surface area contributed by atoms with Crippen molar-refractivity contribution in [2.45, 2.75) is 6.54 Å². The van der Waals surface area contributed by atoms with Crippen LogP contribution in [0.2, 0.25) is 0 Å². The number of piperazine rings is 1. The summed E-state index contributed by atoms with van der Waals surface area (Å²) in [5.74, 6) is 0.100. The zero-order chi connectivity index (χ0) is 15.9. The van der Waals surface area contributed by atoms with Gasteiger partial charge >= 0.3 is 0 Å². The van der Waals surface area contributed by atoms with Gasteiger partial charge in [0.2, 0.25) is 5.91 Å². The smallest absolute Gasteiger partial charge is 0.246 e. The van der Waals surface area contributed by atoms with Gasteiger partial charge < -0.3 is 9.47 Å². The Kier molecular flexibility index (Phi) is 5.21. The maximum absolute atomic E-state index is 12.2. The number of amides is 1. The van der Waals surface area contributed by atoms with Gasteiger partial charge in [0.05, 0.1) is 6.33 Å². The number of benzene rings is 1. The SMILES string of the molecule is O=C(C=Cc1ccccc1)N1CCN(CCn2ccnc2)CC1. The van der Waals surface area contributed by atoms with Crippen molar-refractivity contribution in [3.05, 3.63) is 60.7 Å². The first-order chi connectivity index (χ1) is 11.3. The molecule has 0 saturated carbocycles. The number of carbonyl (C=O) groups is 1. The molecular formula is C18H22N4O. The first-order valence-electron chi connectivity index (χ1n) is 8.01. The van der Waals surface area contributed by atoms with Gasteiger partial charge in [0, 0.05) is 57.7 Å². The predicted octanol–water partition coefficient (Wildman–Crippen LogP) is 1.74. The summed E-state index contributed by atoms with van der Waals surface area (Å²) in [5.41, 5.74) is 1.06. The van der Waals surface area contributed by atoms with E-state index in [4.69, 9.17) is 0 Å². The average molecular weight is 310 g/mol. The monoisotopic (exact) mass is 310 g/mol. The van der Waals surface area contributed by atoms with Crippen molar-refractivity contribution in [1.82, 2.24) is 19.4 Å². The lowest BCUT2D eigenvalue weighted by atomic mass is 10.2. The molecule has 0 N–H and O–H groups in total. The number of rotatable bonds is 5. The average Bonchev–Trinajstić information content (AvgIpc) is 3.13. The Balaban J connectivity index is 1.43. The maximum Gasteiger partial charge on any atom is 0.246 e. The van der Waals surface area contributed by atoms with Gasteiger partial charge in [0.25, 0.3) is 0 Å². The van der Waals surface area contributed by atoms with Crippen LogP contribution < -0.4 is 0 Å². The number of nitrogens with zero attached hydrogens (tertiary/aromatic N) is 4. The minimum Gasteiger partial charge on any atom is -0.337 e. The summed E-state index contributed by atoms with van der Waals surface area (Å²) >= 11 is 0. The number of aromatic nitrogens is 2. The minimum atomic E-state index is 0.100. The second-order valence-electron chi connectivity index (χ2n) is 5.71. The Morgan fingerprint density at radius 2 is 1.87 bits per heavy atom. The fraction of sp³-hybridized carbons (Fsp3) is 0.333. The van der Waals surface area contributed by atoms with Crippen molar-refractivity contribution in [2.24, 2.45) is 0 Å². The van der Waals surface area contributed by atoms with Crippen LogP contribution in [0.25, 0.3) is 6.08 Å². The van der Waals surface area contributed by atoms with E-state index in [1.54, 1.807) is 12.3 Å². The van der Waals surface area contributed by atoms with E-state index < -0.39 is 0 Å². The zero-order valence-electron chi connectivity index (χ0n) is 13.2. The molecule has 0 atom stereocenters. The quantitative estimate of drug-likeness (QED) is 0.790. The highest BCUT2D eigenvalue weighted by atomic mass is 16.2. The normalized spacial score (nSPS) is 16.1. The molecule has 0 spiro atoms. The zero-order valence-corrected chi connectivity index (χ0v) is 13.2. The van der Waals surface area contributed by atoms with E-state index in [9.17, 15) is 4.79 Å². The molecule has 5 heteroatoms. The fourth-order valence-electron chi connectivity index (χ4n) is 2.70. The lowest BCUT2D eigenvalue weighted by Crippen LogP contribution is -2.48. The molecule has 120 valence electrons. The molecular weight excluding hydrogens is 288 g/mol. The maximum atomic E-state index is 12.2. The van der Waals surface area contributed by atoms with Gasteiger partial charge in [-0.1, -0.05) is 30.3 Å². The summed E-state index contributed by atoms with van der Waals surface area (Å²) in [7, 11) is 0. The van der Waals surface area contributed by atoms with Gasteiger partial charge in [-0.25, -0.2) is 4.98 Å². The van der Waals surface area contributed by atoms with E-state index in [0.29, 0.717) is 0 Å². The standard InChI is InChI=1S/C18H22N4O/c23-18(7-6-17-4-2-1-3-5-17)22-14-12-20(13-15-22)10-11-21-9-8-19-16-21/h1-9,16H,10-15H2. The van der Waals surface area contributed by atoms with Crippen molar-refractivity contribution in [2.75, 3.05) is 32.7 Å². The van der Waals surface area contributed by atoms with E-state index in [1.807, 2.05) is 53.8 Å². The topological polar surface area (TPSA) is 41.4 Å². The first kappa shape index (κ1) is 15.5. The third kappa shape index (κ3) is 4.53. The Morgan fingerprint density at radius 1 is 1.09 bits per heavy atom. The Morgan fingerprint density at radius 3 is 2.57 bits per heavy atom. The Hall–Kier alpha value is -2.40. The molecule has 3 rings (SSSR count). The summed E-state index contributed by atoms with van der Waals surface area (Å²) in [6, 6.07) is 9.92. The van der Waals surface area contributed by atoms with Gasteiger partial charge in [0.15, 0.2) is 0 Å². The second kappa shape index (κ2) is 7.74. The molecule has 2 heterocycles. The highest BCUT2D eigenvalue weighted by Gasteiger charge is 2.19. The summed E-state index contributed by atoms with van der Waals surface area (Å²) in [6.45, 7) is 5.39. The van der Waals surface area contributed by atoms with Crippen molar-refractivity contribution >= 4 is 12.0 Å². The number of carbonyl (C=O) groups excluding carboxylic acids is 1. The van der Waals surface area contributed by atoms with Crippen LogP contribution in [0.4, 0.5) is 0 Å². The third-order valence-corrected chi connectivity index (χ3v) is 4.14. The van der Waals surface area contributed by atoms with Crippen LogP contribution in [-0.2, 0) is 11.3 Å². The van der Waals surface area contributed by atoms with Gasteiger partial charge in [-0.05, 0) is 11.6 Å². The molecule has 0 aliphatic carbocycles. The molecule has 1 fully saturated rings. The highest BCUT2D eigenvalue weighted by molar-refractivity contribution is 5.91. The van der Waals surface area contributed by atoms with Crippen molar-refractivity contribution in [3.8, 4) is 0 Å². The largest absolute Gasteiger partial charge is 0.337 e. The van der Waals surface area contributed by atoms with Gasteiger partial charge in [-0.2, -0.15) is 0 Å². The van der Waals surface area contributed by atoms with Crippen molar-refractivity contribution in [1.29, 1.82) is 0 Å². The molecule has 0 bridgehead atoms. The lowest BCUT2D eigenvalue weighted by Gasteiger charge is -2.34. The number of hydrogen-bond donors (Lipinski definition) is 0. The van der Waals surface area contributed by atoms with E-state index in [1.165, 1.54) is 0 Å². The minimum absolute atomic E-state index is 0.100. The van der Waals surface area contributed by atoms with Crippen LogP contribution in [0, 0.1) is 0 Å². The van der Waals surface area contributed by atoms with Crippen LogP contribution in [0.5, 0.6) is 0 Å². The molecule has 1 aliphatic heterocycles. The van der Waals surface area contributed by atoms with Gasteiger partial charge in [0.1, 0.15) is 0 Å². The summed E-state index contributed by atoms with van der Waals surface area (Å²) in [6.07, 6.45) is 9.18. The first-order valence-corrected chi connectivity index (χ1v) is 8.01. The summed E-state index contributed by atoms with van der Waals surface area (Å²) in [5, 5.41) is 0. The molecule has 5 nitrogen and oxygen atoms in total. The molecule has 2 aromatic rings. The number of hydrogen-bond acceptors (Lipinski definition) is 3. The van der Waals surface area contributed by atoms with Crippen LogP contribution in [0.1, 0.15) is 5.56 Å². The van der Waals surface area contributed by atoms with E-state index in [-0.39, 0.29) is 5.91 Å². The van der Waals surface area contributed by atoms with Crippen LogP contribution in [-0.4, -0.2) is 58.0 Å². The third-order valence-electron chi connectivity index (χ3n) is 4.14. The fourth-order valence-corrected chi connectivity index (χ4v) is 2.70. The molecule has 1 amide bonds. The van der Waals surface area contributed by atoms with Crippen LogP contribution in [0.15, 0.2) is 55.1 Å². The van der Waals surface area contributed by atoms with Crippen molar-refractivity contribution in [3.63, 3.8) is 0 Å². The van der Waals surface area contributed by atoms with E-state index in [2.05, 4.69) is 14.5 Å². The van der Waals surface area contributed by atoms with Crippen LogP contribution in [0.3, 0.4) is 0 Å². The van der Waals surface area contributed by atoms with Gasteiger partial charge in [-0.3, -0.25) is 9.69 Å². The van der Waals surface area contributed by atoms with E-state index in [0.717, 1.165) is 44.8 Å². The molecule has 23 heavy (non-hydrogen) atoms. The Labute approximate surface area is 136 Å². The molecule has 1 aromatic heterocycles. The summed E-state index contributed by atoms with van der Waals surface area (Å²) < 4.78 is 2.08. The molecule has 1 aromatic carbocycles. The second-order valence-corrected chi connectivity index (χ2v) is 5.71.